The molecule has 0 radical (unpaired) electrons. The van der Waals surface area contributed by atoms with E-state index in [-0.39, 0.29) is 11.9 Å². The average molecular weight is 209 g/mol. The Morgan fingerprint density at radius 3 is 2.31 bits per heavy atom. The zero-order chi connectivity index (χ0) is 10.3. The Morgan fingerprint density at radius 1 is 1.62 bits per heavy atom. The molecule has 0 bridgehead atoms. The van der Waals surface area contributed by atoms with Gasteiger partial charge in [-0.1, -0.05) is 0 Å². The first kappa shape index (κ1) is 12.2. The third-order valence-electron chi connectivity index (χ3n) is 1.49. The van der Waals surface area contributed by atoms with Crippen molar-refractivity contribution in [1.82, 2.24) is 10.2 Å². The summed E-state index contributed by atoms with van der Waals surface area (Å²) in [7, 11) is 0. The molecule has 0 aromatic carbocycles. The van der Waals surface area contributed by atoms with Crippen LogP contribution in [0.4, 0.5) is 0 Å². The molecule has 6 heteroatoms. The Hall–Kier alpha value is -0.810. The summed E-state index contributed by atoms with van der Waals surface area (Å²) in [4.78, 5) is 21.6. The number of carbonyl (C=O) groups excluding carboxylic acids is 1. The number of carbonyl (C=O) groups is 2. The van der Waals surface area contributed by atoms with Gasteiger partial charge in [-0.3, -0.25) is 14.4 Å². The second-order valence-corrected chi connectivity index (χ2v) is 2.83. The van der Waals surface area contributed by atoms with Gasteiger partial charge in [-0.15, -0.1) is 0 Å². The number of carboxylic acid groups (broad SMARTS) is 1. The second-order valence-electron chi connectivity index (χ2n) is 2.64. The molecule has 1 aliphatic heterocycles. The van der Waals surface area contributed by atoms with Crippen LogP contribution in [-0.4, -0.2) is 29.6 Å². The van der Waals surface area contributed by atoms with Crippen LogP contribution in [0.5, 0.6) is 0 Å². The highest BCUT2D eigenvalue weighted by Crippen LogP contribution is 2.03. The molecule has 0 spiro atoms. The maximum Gasteiger partial charge on any atom is 0.320 e. The highest BCUT2D eigenvalue weighted by atomic mass is 35.5. The summed E-state index contributed by atoms with van der Waals surface area (Å²) >= 11 is 4.74. The molecule has 0 aromatic heterocycles. The predicted molar refractivity (Wildman–Crippen MR) is 48.3 cm³/mol. The second kappa shape index (κ2) is 6.68. The molecule has 1 rings (SSSR count). The smallest absolute Gasteiger partial charge is 0.320 e. The van der Waals surface area contributed by atoms with Crippen molar-refractivity contribution in [3.63, 3.8) is 0 Å². The lowest BCUT2D eigenvalue weighted by molar-refractivity contribution is -0.139. The first-order valence-electron chi connectivity index (χ1n) is 3.91. The van der Waals surface area contributed by atoms with Crippen molar-refractivity contribution in [3.05, 3.63) is 0 Å². The van der Waals surface area contributed by atoms with Crippen molar-refractivity contribution < 1.29 is 14.7 Å². The molecule has 1 saturated heterocycles. The van der Waals surface area contributed by atoms with Crippen molar-refractivity contribution in [2.45, 2.75) is 25.8 Å². The van der Waals surface area contributed by atoms with Crippen LogP contribution in [0.25, 0.3) is 0 Å². The van der Waals surface area contributed by atoms with E-state index in [9.17, 15) is 9.59 Å². The summed E-state index contributed by atoms with van der Waals surface area (Å²) < 4.78 is 0. The van der Waals surface area contributed by atoms with E-state index < -0.39 is 5.97 Å². The quantitative estimate of drug-likeness (QED) is 0.534. The molecule has 0 aromatic rings. The fourth-order valence-electron chi connectivity index (χ4n) is 0.895. The van der Waals surface area contributed by atoms with E-state index in [1.54, 1.807) is 0 Å². The van der Waals surface area contributed by atoms with Gasteiger partial charge in [0.1, 0.15) is 6.04 Å². The number of amides is 1. The largest absolute Gasteiger partial charge is 0.480 e. The van der Waals surface area contributed by atoms with Crippen molar-refractivity contribution in [1.29, 1.82) is 0 Å². The standard InChI is InChI=1S/C5H9NO2.C2H4ClNO/c7-5(8)4-2-1-3-6-4;1-2(5)4-3/h4,6H,1-3H2,(H,7,8);1H3,(H,4,5)/t4-;/m0./s1. The van der Waals surface area contributed by atoms with Crippen molar-refractivity contribution in [3.8, 4) is 0 Å². The van der Waals surface area contributed by atoms with Gasteiger partial charge in [0.2, 0.25) is 5.91 Å². The monoisotopic (exact) mass is 208 g/mol. The van der Waals surface area contributed by atoms with Crippen LogP contribution in [0, 0.1) is 0 Å². The van der Waals surface area contributed by atoms with Gasteiger partial charge in [0, 0.05) is 18.7 Å². The minimum absolute atomic E-state index is 0.230. The van der Waals surface area contributed by atoms with E-state index >= 15 is 0 Å². The number of hydrogen-bond donors (Lipinski definition) is 3. The first-order chi connectivity index (χ1) is 6.07. The van der Waals surface area contributed by atoms with E-state index in [0.717, 1.165) is 19.4 Å². The van der Waals surface area contributed by atoms with Gasteiger partial charge in [0.25, 0.3) is 0 Å². The third-order valence-corrected chi connectivity index (χ3v) is 1.76. The Balaban J connectivity index is 0.000000252. The maximum absolute atomic E-state index is 10.1. The van der Waals surface area contributed by atoms with Crippen molar-refractivity contribution in [2.75, 3.05) is 6.54 Å². The molecule has 13 heavy (non-hydrogen) atoms. The molecule has 1 atom stereocenters. The molecule has 1 aliphatic rings. The summed E-state index contributed by atoms with van der Waals surface area (Å²) in [6.07, 6.45) is 1.78. The van der Waals surface area contributed by atoms with E-state index in [1.165, 1.54) is 6.92 Å². The van der Waals surface area contributed by atoms with Crippen LogP contribution in [0.1, 0.15) is 19.8 Å². The summed E-state index contributed by atoms with van der Waals surface area (Å²) in [6.45, 7) is 2.20. The number of halogens is 1. The van der Waals surface area contributed by atoms with E-state index in [4.69, 9.17) is 16.9 Å². The van der Waals surface area contributed by atoms with Crippen LogP contribution < -0.4 is 10.2 Å². The predicted octanol–water partition coefficient (Wildman–Crippen LogP) is 0.0993. The molecule has 0 saturated carbocycles. The van der Waals surface area contributed by atoms with Crippen LogP contribution in [0.2, 0.25) is 0 Å². The fourth-order valence-corrected chi connectivity index (χ4v) is 0.895. The number of rotatable bonds is 1. The van der Waals surface area contributed by atoms with E-state index in [2.05, 4.69) is 5.32 Å². The highest BCUT2D eigenvalue weighted by molar-refractivity contribution is 6.20. The van der Waals surface area contributed by atoms with Crippen LogP contribution in [-0.2, 0) is 9.59 Å². The lowest BCUT2D eigenvalue weighted by atomic mass is 10.2. The molecule has 1 amide bonds. The van der Waals surface area contributed by atoms with Crippen molar-refractivity contribution in [2.24, 2.45) is 0 Å². The summed E-state index contributed by atoms with van der Waals surface area (Å²) in [5.74, 6) is -0.950. The summed E-state index contributed by atoms with van der Waals surface area (Å²) in [6, 6.07) is -0.269. The third kappa shape index (κ3) is 6.36. The fraction of sp³-hybridized carbons (Fsp3) is 0.714. The van der Waals surface area contributed by atoms with E-state index in [1.807, 2.05) is 4.84 Å². The molecule has 0 unspecified atom stereocenters. The molecular formula is C7H13ClN2O3. The van der Waals surface area contributed by atoms with Crippen molar-refractivity contribution >= 4 is 23.7 Å². The number of carboxylic acids is 1. The minimum atomic E-state index is -0.720. The van der Waals surface area contributed by atoms with Gasteiger partial charge in [-0.2, -0.15) is 0 Å². The summed E-state index contributed by atoms with van der Waals surface area (Å²) in [5, 5.41) is 11.2. The normalized spacial score (nSPS) is 20.0. The van der Waals surface area contributed by atoms with Crippen LogP contribution >= 0.6 is 11.8 Å². The van der Waals surface area contributed by atoms with Gasteiger partial charge < -0.3 is 10.4 Å². The molecule has 3 N–H and O–H groups in total. The minimum Gasteiger partial charge on any atom is -0.480 e. The number of aliphatic carboxylic acids is 1. The zero-order valence-electron chi connectivity index (χ0n) is 7.34. The topological polar surface area (TPSA) is 78.4 Å². The van der Waals surface area contributed by atoms with Gasteiger partial charge in [0.05, 0.1) is 0 Å². The Morgan fingerprint density at radius 2 is 2.15 bits per heavy atom. The molecule has 5 nitrogen and oxygen atoms in total. The molecule has 1 heterocycles. The van der Waals surface area contributed by atoms with Gasteiger partial charge >= 0.3 is 5.97 Å². The van der Waals surface area contributed by atoms with Crippen LogP contribution in [0.15, 0.2) is 0 Å². The number of nitrogens with one attached hydrogen (secondary N) is 2. The van der Waals surface area contributed by atoms with Gasteiger partial charge in [0.15, 0.2) is 0 Å². The Kier molecular flexibility index (Phi) is 6.26. The lowest BCUT2D eigenvalue weighted by Crippen LogP contribution is -2.29. The first-order valence-corrected chi connectivity index (χ1v) is 4.29. The van der Waals surface area contributed by atoms with Gasteiger partial charge in [-0.05, 0) is 19.4 Å². The number of hydrogen-bond acceptors (Lipinski definition) is 3. The molecule has 0 aliphatic carbocycles. The van der Waals surface area contributed by atoms with Crippen LogP contribution in [0.3, 0.4) is 0 Å². The Labute approximate surface area is 81.6 Å². The maximum atomic E-state index is 10.1. The molecule has 76 valence electrons. The molecular weight excluding hydrogens is 196 g/mol. The molecule has 1 fully saturated rings. The Bertz CT molecular complexity index is 181. The van der Waals surface area contributed by atoms with Gasteiger partial charge in [-0.25, -0.2) is 0 Å². The summed E-state index contributed by atoms with van der Waals surface area (Å²) in [5.41, 5.74) is 0. The SMILES string of the molecule is CC(=O)NCl.O=C(O)[C@@H]1CCCN1. The lowest BCUT2D eigenvalue weighted by Gasteiger charge is -1.99. The van der Waals surface area contributed by atoms with E-state index in [0.29, 0.717) is 0 Å². The highest BCUT2D eigenvalue weighted by Gasteiger charge is 2.20. The zero-order valence-corrected chi connectivity index (χ0v) is 8.10. The average Bonchev–Trinajstić information content (AvgIpc) is 2.57.